The highest BCUT2D eigenvalue weighted by molar-refractivity contribution is 9.10. The Bertz CT molecular complexity index is 555. The molecule has 0 radical (unpaired) electrons. The molecular formula is C13H14BrClN2O4. The summed E-state index contributed by atoms with van der Waals surface area (Å²) >= 11 is 9.18. The Balaban J connectivity index is 1.91. The predicted molar refractivity (Wildman–Crippen MR) is 80.7 cm³/mol. The van der Waals surface area contributed by atoms with Crippen LogP contribution in [0.4, 0.5) is 0 Å². The molecule has 1 aromatic carbocycles. The Labute approximate surface area is 135 Å². The number of hydrogen-bond acceptors (Lipinski definition) is 4. The van der Waals surface area contributed by atoms with Crippen molar-refractivity contribution < 1.29 is 19.4 Å². The van der Waals surface area contributed by atoms with Crippen LogP contribution < -0.4 is 10.1 Å². The lowest BCUT2D eigenvalue weighted by Gasteiger charge is -2.32. The van der Waals surface area contributed by atoms with Gasteiger partial charge in [-0.2, -0.15) is 0 Å². The molecule has 0 saturated carbocycles. The van der Waals surface area contributed by atoms with E-state index in [-0.39, 0.29) is 25.6 Å². The fourth-order valence-corrected chi connectivity index (χ4v) is 2.83. The summed E-state index contributed by atoms with van der Waals surface area (Å²) in [6.45, 7) is 0.789. The van der Waals surface area contributed by atoms with E-state index in [0.717, 1.165) is 4.47 Å². The molecule has 21 heavy (non-hydrogen) atoms. The van der Waals surface area contributed by atoms with Crippen LogP contribution in [0.5, 0.6) is 5.75 Å². The van der Waals surface area contributed by atoms with Gasteiger partial charge in [0.1, 0.15) is 18.4 Å². The van der Waals surface area contributed by atoms with Gasteiger partial charge in [-0.1, -0.05) is 11.6 Å². The molecule has 114 valence electrons. The van der Waals surface area contributed by atoms with Crippen molar-refractivity contribution in [2.24, 2.45) is 0 Å². The SMILES string of the molecule is O=C1CN(CCOc2ccc(Cl)cc2Br)C(C(=O)O)CN1. The number of ether oxygens (including phenoxy) is 1. The van der Waals surface area contributed by atoms with Gasteiger partial charge in [-0.15, -0.1) is 0 Å². The molecule has 1 amide bonds. The normalized spacial score (nSPS) is 19.1. The van der Waals surface area contributed by atoms with E-state index in [1.807, 2.05) is 0 Å². The molecule has 1 heterocycles. The zero-order valence-electron chi connectivity index (χ0n) is 11.0. The van der Waals surface area contributed by atoms with Crippen molar-refractivity contribution in [3.05, 3.63) is 27.7 Å². The molecule has 6 nitrogen and oxygen atoms in total. The Morgan fingerprint density at radius 3 is 3.00 bits per heavy atom. The van der Waals surface area contributed by atoms with Crippen LogP contribution in [0.15, 0.2) is 22.7 Å². The first-order valence-corrected chi connectivity index (χ1v) is 7.46. The number of piperazine rings is 1. The minimum atomic E-state index is -0.956. The Kier molecular flexibility index (Phi) is 5.44. The second-order valence-corrected chi connectivity index (χ2v) is 5.84. The van der Waals surface area contributed by atoms with E-state index < -0.39 is 12.0 Å². The van der Waals surface area contributed by atoms with E-state index in [1.54, 1.807) is 23.1 Å². The van der Waals surface area contributed by atoms with E-state index >= 15 is 0 Å². The fraction of sp³-hybridized carbons (Fsp3) is 0.385. The van der Waals surface area contributed by atoms with Gasteiger partial charge in [-0.05, 0) is 34.1 Å². The monoisotopic (exact) mass is 376 g/mol. The van der Waals surface area contributed by atoms with E-state index in [0.29, 0.717) is 17.3 Å². The van der Waals surface area contributed by atoms with Crippen LogP contribution in [0.25, 0.3) is 0 Å². The Morgan fingerprint density at radius 1 is 1.57 bits per heavy atom. The lowest BCUT2D eigenvalue weighted by molar-refractivity contribution is -0.146. The van der Waals surface area contributed by atoms with Crippen LogP contribution in [0.1, 0.15) is 0 Å². The van der Waals surface area contributed by atoms with E-state index in [9.17, 15) is 9.59 Å². The van der Waals surface area contributed by atoms with Crippen LogP contribution in [0.2, 0.25) is 5.02 Å². The molecule has 0 bridgehead atoms. The summed E-state index contributed by atoms with van der Waals surface area (Å²) in [4.78, 5) is 24.1. The zero-order valence-corrected chi connectivity index (χ0v) is 13.4. The summed E-state index contributed by atoms with van der Waals surface area (Å²) in [6, 6.07) is 4.42. The maximum absolute atomic E-state index is 11.4. The number of carbonyl (C=O) groups is 2. The third-order valence-corrected chi connectivity index (χ3v) is 3.95. The van der Waals surface area contributed by atoms with Gasteiger partial charge in [0.15, 0.2) is 0 Å². The fourth-order valence-electron chi connectivity index (χ4n) is 2.03. The van der Waals surface area contributed by atoms with Crippen molar-refractivity contribution >= 4 is 39.4 Å². The number of amides is 1. The number of nitrogens with one attached hydrogen (secondary N) is 1. The van der Waals surface area contributed by atoms with Gasteiger partial charge in [0.25, 0.3) is 0 Å². The number of carboxylic acid groups (broad SMARTS) is 1. The highest BCUT2D eigenvalue weighted by Gasteiger charge is 2.31. The number of halogens is 2. The minimum Gasteiger partial charge on any atom is -0.491 e. The highest BCUT2D eigenvalue weighted by Crippen LogP contribution is 2.27. The molecule has 1 aromatic rings. The van der Waals surface area contributed by atoms with Crippen molar-refractivity contribution in [1.29, 1.82) is 0 Å². The van der Waals surface area contributed by atoms with Crippen LogP contribution in [0, 0.1) is 0 Å². The zero-order chi connectivity index (χ0) is 15.4. The average molecular weight is 378 g/mol. The second-order valence-electron chi connectivity index (χ2n) is 4.55. The van der Waals surface area contributed by atoms with Gasteiger partial charge in [0.2, 0.25) is 5.91 Å². The average Bonchev–Trinajstić information content (AvgIpc) is 2.41. The molecule has 0 aromatic heterocycles. The molecule has 8 heteroatoms. The molecule has 1 atom stereocenters. The minimum absolute atomic E-state index is 0.0577. The standard InChI is InChI=1S/C13H14BrClN2O4/c14-9-5-8(15)1-2-11(9)21-4-3-17-7-12(18)16-6-10(17)13(19)20/h1-2,5,10H,3-4,6-7H2,(H,16,18)(H,19,20). The smallest absolute Gasteiger partial charge is 0.322 e. The number of carbonyl (C=O) groups excluding carboxylic acids is 1. The number of carboxylic acids is 1. The number of aliphatic carboxylic acids is 1. The molecule has 0 spiro atoms. The lowest BCUT2D eigenvalue weighted by Crippen LogP contribution is -2.58. The first-order valence-electron chi connectivity index (χ1n) is 6.29. The van der Waals surface area contributed by atoms with Gasteiger partial charge in [0, 0.05) is 18.1 Å². The van der Waals surface area contributed by atoms with Gasteiger partial charge < -0.3 is 15.2 Å². The maximum Gasteiger partial charge on any atom is 0.322 e. The van der Waals surface area contributed by atoms with Gasteiger partial charge in [-0.25, -0.2) is 0 Å². The second kappa shape index (κ2) is 7.11. The van der Waals surface area contributed by atoms with E-state index in [1.165, 1.54) is 0 Å². The van der Waals surface area contributed by atoms with Crippen LogP contribution in [-0.4, -0.2) is 54.2 Å². The van der Waals surface area contributed by atoms with Gasteiger partial charge >= 0.3 is 5.97 Å². The Morgan fingerprint density at radius 2 is 2.33 bits per heavy atom. The quantitative estimate of drug-likeness (QED) is 0.810. The van der Waals surface area contributed by atoms with Crippen molar-refractivity contribution in [2.45, 2.75) is 6.04 Å². The molecule has 1 fully saturated rings. The molecule has 1 aliphatic heterocycles. The molecule has 1 unspecified atom stereocenters. The number of benzene rings is 1. The summed E-state index contributed by atoms with van der Waals surface area (Å²) in [7, 11) is 0. The first-order chi connectivity index (χ1) is 9.97. The van der Waals surface area contributed by atoms with E-state index in [2.05, 4.69) is 21.2 Å². The van der Waals surface area contributed by atoms with Crippen molar-refractivity contribution in [3.8, 4) is 5.75 Å². The number of nitrogens with zero attached hydrogens (tertiary/aromatic N) is 1. The molecule has 2 rings (SSSR count). The third kappa shape index (κ3) is 4.33. The third-order valence-electron chi connectivity index (χ3n) is 3.10. The molecule has 1 saturated heterocycles. The summed E-state index contributed by atoms with van der Waals surface area (Å²) < 4.78 is 6.31. The summed E-state index contributed by atoms with van der Waals surface area (Å²) in [5.74, 6) is -0.518. The summed E-state index contributed by atoms with van der Waals surface area (Å²) in [5.41, 5.74) is 0. The number of hydrogen-bond donors (Lipinski definition) is 2. The van der Waals surface area contributed by atoms with Crippen LogP contribution in [0.3, 0.4) is 0 Å². The summed E-state index contributed by atoms with van der Waals surface area (Å²) in [6.07, 6.45) is 0. The first kappa shape index (κ1) is 16.1. The van der Waals surface area contributed by atoms with Gasteiger partial charge in [-0.3, -0.25) is 14.5 Å². The molecule has 2 N–H and O–H groups in total. The van der Waals surface area contributed by atoms with Crippen molar-refractivity contribution in [1.82, 2.24) is 10.2 Å². The van der Waals surface area contributed by atoms with Crippen molar-refractivity contribution in [3.63, 3.8) is 0 Å². The van der Waals surface area contributed by atoms with Crippen LogP contribution in [-0.2, 0) is 9.59 Å². The topological polar surface area (TPSA) is 78.9 Å². The number of rotatable bonds is 5. The summed E-state index contributed by atoms with van der Waals surface area (Å²) in [5, 5.41) is 12.3. The highest BCUT2D eigenvalue weighted by atomic mass is 79.9. The molecular weight excluding hydrogens is 364 g/mol. The van der Waals surface area contributed by atoms with Gasteiger partial charge in [0.05, 0.1) is 11.0 Å². The van der Waals surface area contributed by atoms with E-state index in [4.69, 9.17) is 21.4 Å². The maximum atomic E-state index is 11.4. The predicted octanol–water partition coefficient (Wildman–Crippen LogP) is 1.37. The molecule has 1 aliphatic rings. The Hall–Kier alpha value is -1.31. The molecule has 0 aliphatic carbocycles. The largest absolute Gasteiger partial charge is 0.491 e. The van der Waals surface area contributed by atoms with Crippen LogP contribution >= 0.6 is 27.5 Å². The van der Waals surface area contributed by atoms with Crippen molar-refractivity contribution in [2.75, 3.05) is 26.2 Å². The lowest BCUT2D eigenvalue weighted by atomic mass is 10.2.